The zero-order valence-corrected chi connectivity index (χ0v) is 13.0. The number of rotatable bonds is 6. The molecule has 2 aromatic carbocycles. The van der Waals surface area contributed by atoms with E-state index in [-0.39, 0.29) is 5.82 Å². The van der Waals surface area contributed by atoms with Gasteiger partial charge in [0.1, 0.15) is 5.82 Å². The Balaban J connectivity index is 1.54. The van der Waals surface area contributed by atoms with Crippen LogP contribution in [0.2, 0.25) is 0 Å². The third-order valence-electron chi connectivity index (χ3n) is 3.79. The number of thioether (sulfide) groups is 1. The average Bonchev–Trinajstić information content (AvgIpc) is 3.30. The maximum absolute atomic E-state index is 13.1. The van der Waals surface area contributed by atoms with E-state index in [0.717, 1.165) is 23.9 Å². The number of hydrogen-bond donors (Lipinski definition) is 1. The van der Waals surface area contributed by atoms with E-state index < -0.39 is 0 Å². The second kappa shape index (κ2) is 6.63. The molecule has 0 saturated heterocycles. The molecule has 1 aliphatic carbocycles. The minimum Gasteiger partial charge on any atom is -0.310 e. The topological polar surface area (TPSA) is 12.0 Å². The Hall–Kier alpha value is -1.32. The third kappa shape index (κ3) is 4.32. The Morgan fingerprint density at radius 3 is 2.57 bits per heavy atom. The van der Waals surface area contributed by atoms with Crippen molar-refractivity contribution in [3.8, 4) is 0 Å². The van der Waals surface area contributed by atoms with Gasteiger partial charge in [0.05, 0.1) is 0 Å². The van der Waals surface area contributed by atoms with Crippen molar-refractivity contribution in [1.29, 1.82) is 0 Å². The third-order valence-corrected chi connectivity index (χ3v) is 4.86. The summed E-state index contributed by atoms with van der Waals surface area (Å²) in [5, 5.41) is 3.52. The van der Waals surface area contributed by atoms with Crippen molar-refractivity contribution >= 4 is 11.8 Å². The Kier molecular flexibility index (Phi) is 4.61. The largest absolute Gasteiger partial charge is 0.310 e. The molecule has 0 radical (unpaired) electrons. The van der Waals surface area contributed by atoms with Gasteiger partial charge < -0.3 is 5.32 Å². The van der Waals surface area contributed by atoms with Crippen molar-refractivity contribution in [2.75, 3.05) is 0 Å². The highest BCUT2D eigenvalue weighted by molar-refractivity contribution is 7.98. The smallest absolute Gasteiger partial charge is 0.123 e. The zero-order chi connectivity index (χ0) is 14.7. The fraction of sp³-hybridized carbons (Fsp3) is 0.333. The van der Waals surface area contributed by atoms with Gasteiger partial charge in [-0.2, -0.15) is 0 Å². The Morgan fingerprint density at radius 2 is 1.90 bits per heavy atom. The molecule has 1 N–H and O–H groups in total. The van der Waals surface area contributed by atoms with Crippen LogP contribution in [0.15, 0.2) is 47.4 Å². The fourth-order valence-corrected chi connectivity index (χ4v) is 3.21. The van der Waals surface area contributed by atoms with Gasteiger partial charge in [0, 0.05) is 23.2 Å². The molecule has 110 valence electrons. The van der Waals surface area contributed by atoms with Gasteiger partial charge in [-0.25, -0.2) is 4.39 Å². The zero-order valence-electron chi connectivity index (χ0n) is 12.2. The summed E-state index contributed by atoms with van der Waals surface area (Å²) < 4.78 is 13.1. The van der Waals surface area contributed by atoms with Gasteiger partial charge in [-0.15, -0.1) is 11.8 Å². The quantitative estimate of drug-likeness (QED) is 0.778. The molecule has 0 aliphatic heterocycles. The van der Waals surface area contributed by atoms with Crippen LogP contribution in [-0.4, -0.2) is 6.04 Å². The SMILES string of the molecule is Cc1cc(F)ccc1CSc1ccc(CNC2CC2)cc1. The summed E-state index contributed by atoms with van der Waals surface area (Å²) in [5.74, 6) is 0.722. The van der Waals surface area contributed by atoms with Gasteiger partial charge in [-0.05, 0) is 60.7 Å². The van der Waals surface area contributed by atoms with Crippen LogP contribution < -0.4 is 5.32 Å². The predicted octanol–water partition coefficient (Wildman–Crippen LogP) is 4.68. The number of halogens is 1. The second-order valence-electron chi connectivity index (χ2n) is 5.66. The van der Waals surface area contributed by atoms with Crippen molar-refractivity contribution in [3.05, 3.63) is 65.0 Å². The number of aryl methyl sites for hydroxylation is 1. The maximum atomic E-state index is 13.1. The van der Waals surface area contributed by atoms with Crippen molar-refractivity contribution in [3.63, 3.8) is 0 Å². The number of nitrogens with one attached hydrogen (secondary N) is 1. The fourth-order valence-electron chi connectivity index (χ4n) is 2.24. The van der Waals surface area contributed by atoms with Crippen molar-refractivity contribution in [2.45, 2.75) is 43.0 Å². The molecule has 3 rings (SSSR count). The van der Waals surface area contributed by atoms with Gasteiger partial charge in [0.25, 0.3) is 0 Å². The van der Waals surface area contributed by atoms with E-state index in [1.54, 1.807) is 17.8 Å². The summed E-state index contributed by atoms with van der Waals surface area (Å²) >= 11 is 1.80. The van der Waals surface area contributed by atoms with E-state index in [9.17, 15) is 4.39 Å². The highest BCUT2D eigenvalue weighted by Gasteiger charge is 2.19. The van der Waals surface area contributed by atoms with Crippen LogP contribution in [0, 0.1) is 12.7 Å². The van der Waals surface area contributed by atoms with E-state index in [1.807, 2.05) is 13.0 Å². The van der Waals surface area contributed by atoms with Crippen LogP contribution in [0.4, 0.5) is 4.39 Å². The maximum Gasteiger partial charge on any atom is 0.123 e. The molecule has 0 unspecified atom stereocenters. The van der Waals surface area contributed by atoms with Gasteiger partial charge in [0.2, 0.25) is 0 Å². The molecule has 1 fully saturated rings. The van der Waals surface area contributed by atoms with Crippen LogP contribution in [0.25, 0.3) is 0 Å². The summed E-state index contributed by atoms with van der Waals surface area (Å²) in [7, 11) is 0. The van der Waals surface area contributed by atoms with Crippen LogP contribution >= 0.6 is 11.8 Å². The van der Waals surface area contributed by atoms with Crippen LogP contribution in [0.1, 0.15) is 29.5 Å². The first-order chi connectivity index (χ1) is 10.2. The molecule has 3 heteroatoms. The molecule has 0 heterocycles. The van der Waals surface area contributed by atoms with Crippen LogP contribution in [-0.2, 0) is 12.3 Å². The summed E-state index contributed by atoms with van der Waals surface area (Å²) in [4.78, 5) is 1.26. The molecule has 0 amide bonds. The lowest BCUT2D eigenvalue weighted by Crippen LogP contribution is -2.14. The lowest BCUT2D eigenvalue weighted by atomic mass is 10.1. The molecule has 0 atom stereocenters. The molecule has 1 saturated carbocycles. The van der Waals surface area contributed by atoms with Gasteiger partial charge >= 0.3 is 0 Å². The lowest BCUT2D eigenvalue weighted by Gasteiger charge is -2.07. The van der Waals surface area contributed by atoms with Crippen molar-refractivity contribution in [2.24, 2.45) is 0 Å². The summed E-state index contributed by atoms with van der Waals surface area (Å²) in [6.07, 6.45) is 2.65. The number of benzene rings is 2. The Morgan fingerprint density at radius 1 is 1.14 bits per heavy atom. The van der Waals surface area contributed by atoms with Crippen molar-refractivity contribution in [1.82, 2.24) is 5.32 Å². The minimum absolute atomic E-state index is 0.159. The number of hydrogen-bond acceptors (Lipinski definition) is 2. The monoisotopic (exact) mass is 301 g/mol. The first-order valence-corrected chi connectivity index (χ1v) is 8.39. The van der Waals surface area contributed by atoms with Gasteiger partial charge in [0.15, 0.2) is 0 Å². The van der Waals surface area contributed by atoms with E-state index in [2.05, 4.69) is 29.6 Å². The van der Waals surface area contributed by atoms with Gasteiger partial charge in [-0.1, -0.05) is 18.2 Å². The molecule has 21 heavy (non-hydrogen) atoms. The van der Waals surface area contributed by atoms with Crippen LogP contribution in [0.3, 0.4) is 0 Å². The van der Waals surface area contributed by atoms with E-state index in [1.165, 1.54) is 34.9 Å². The van der Waals surface area contributed by atoms with E-state index >= 15 is 0 Å². The first kappa shape index (κ1) is 14.6. The standard InChI is InChI=1S/C18H20FNS/c1-13-10-16(19)5-4-15(13)12-21-18-8-2-14(3-9-18)11-20-17-6-7-17/h2-5,8-10,17,20H,6-7,11-12H2,1H3. The Bertz CT molecular complexity index is 605. The predicted molar refractivity (Wildman–Crippen MR) is 87.0 cm³/mol. The van der Waals surface area contributed by atoms with Gasteiger partial charge in [-0.3, -0.25) is 0 Å². The van der Waals surface area contributed by atoms with E-state index in [4.69, 9.17) is 0 Å². The average molecular weight is 301 g/mol. The summed E-state index contributed by atoms with van der Waals surface area (Å²) in [5.41, 5.74) is 3.55. The molecular formula is C18H20FNS. The van der Waals surface area contributed by atoms with E-state index in [0.29, 0.717) is 0 Å². The molecule has 1 aliphatic rings. The highest BCUT2D eigenvalue weighted by atomic mass is 32.2. The molecule has 1 nitrogen and oxygen atoms in total. The molecule has 0 bridgehead atoms. The first-order valence-electron chi connectivity index (χ1n) is 7.41. The molecule has 0 spiro atoms. The molecule has 0 aromatic heterocycles. The summed E-state index contributed by atoms with van der Waals surface area (Å²) in [6.45, 7) is 2.93. The van der Waals surface area contributed by atoms with Crippen LogP contribution in [0.5, 0.6) is 0 Å². The normalized spacial score (nSPS) is 14.4. The highest BCUT2D eigenvalue weighted by Crippen LogP contribution is 2.25. The van der Waals surface area contributed by atoms with Crippen molar-refractivity contribution < 1.29 is 4.39 Å². The molecular weight excluding hydrogens is 281 g/mol. The summed E-state index contributed by atoms with van der Waals surface area (Å²) in [6, 6.07) is 14.5. The molecule has 2 aromatic rings. The minimum atomic E-state index is -0.159. The Labute approximate surface area is 130 Å². The lowest BCUT2D eigenvalue weighted by molar-refractivity contribution is 0.626. The second-order valence-corrected chi connectivity index (χ2v) is 6.71.